The standard InChI is InChI=1S/C11H17N3O4/c1-7-9(8(2)14(3)12-7)4-5-10(15)13-18-6-11(16)17/h4-6H2,1-3H3,(H,13,15)(H,16,17). The number of hydrogen-bond acceptors (Lipinski definition) is 4. The minimum absolute atomic E-state index is 0.229. The third-order valence-electron chi connectivity index (χ3n) is 2.64. The summed E-state index contributed by atoms with van der Waals surface area (Å²) in [4.78, 5) is 26.0. The van der Waals surface area contributed by atoms with Crippen LogP contribution in [0.15, 0.2) is 0 Å². The second kappa shape index (κ2) is 6.15. The number of nitrogens with one attached hydrogen (secondary N) is 1. The van der Waals surface area contributed by atoms with Gasteiger partial charge in [-0.3, -0.25) is 14.3 Å². The molecular formula is C11H17N3O4. The van der Waals surface area contributed by atoms with Gasteiger partial charge in [0.15, 0.2) is 6.61 Å². The maximum absolute atomic E-state index is 11.4. The quantitative estimate of drug-likeness (QED) is 0.703. The second-order valence-electron chi connectivity index (χ2n) is 3.98. The summed E-state index contributed by atoms with van der Waals surface area (Å²) >= 11 is 0. The first-order valence-corrected chi connectivity index (χ1v) is 5.53. The Hall–Kier alpha value is -1.89. The van der Waals surface area contributed by atoms with E-state index in [1.807, 2.05) is 20.9 Å². The van der Waals surface area contributed by atoms with Gasteiger partial charge in [0.1, 0.15) is 0 Å². The maximum Gasteiger partial charge on any atom is 0.332 e. The molecule has 0 saturated heterocycles. The van der Waals surface area contributed by atoms with Gasteiger partial charge in [-0.15, -0.1) is 0 Å². The average molecular weight is 255 g/mol. The fourth-order valence-corrected chi connectivity index (χ4v) is 1.65. The minimum Gasteiger partial charge on any atom is -0.479 e. The highest BCUT2D eigenvalue weighted by molar-refractivity contribution is 5.75. The molecule has 7 heteroatoms. The third-order valence-corrected chi connectivity index (χ3v) is 2.64. The number of aryl methyl sites for hydroxylation is 2. The van der Waals surface area contributed by atoms with Gasteiger partial charge in [0, 0.05) is 19.2 Å². The van der Waals surface area contributed by atoms with Crippen molar-refractivity contribution in [3.8, 4) is 0 Å². The lowest BCUT2D eigenvalue weighted by atomic mass is 10.1. The largest absolute Gasteiger partial charge is 0.479 e. The average Bonchev–Trinajstić information content (AvgIpc) is 2.50. The Morgan fingerprint density at radius 2 is 2.11 bits per heavy atom. The number of hydroxylamine groups is 1. The molecule has 0 aromatic carbocycles. The van der Waals surface area contributed by atoms with Crippen LogP contribution in [0, 0.1) is 13.8 Å². The number of rotatable bonds is 6. The summed E-state index contributed by atoms with van der Waals surface area (Å²) in [6.45, 7) is 3.28. The number of amides is 1. The zero-order chi connectivity index (χ0) is 13.7. The van der Waals surface area contributed by atoms with Crippen molar-refractivity contribution in [3.05, 3.63) is 17.0 Å². The minimum atomic E-state index is -1.13. The zero-order valence-corrected chi connectivity index (χ0v) is 10.7. The van der Waals surface area contributed by atoms with Crippen LogP contribution in [-0.2, 0) is 27.9 Å². The van der Waals surface area contributed by atoms with Gasteiger partial charge >= 0.3 is 5.97 Å². The highest BCUT2D eigenvalue weighted by Crippen LogP contribution is 2.13. The van der Waals surface area contributed by atoms with Gasteiger partial charge in [-0.05, 0) is 25.8 Å². The molecule has 0 aliphatic heterocycles. The molecule has 2 N–H and O–H groups in total. The van der Waals surface area contributed by atoms with Gasteiger partial charge in [-0.1, -0.05) is 0 Å². The van der Waals surface area contributed by atoms with E-state index in [0.717, 1.165) is 17.0 Å². The molecule has 1 amide bonds. The van der Waals surface area contributed by atoms with Crippen molar-refractivity contribution in [3.63, 3.8) is 0 Å². The summed E-state index contributed by atoms with van der Waals surface area (Å²) in [7, 11) is 1.85. The van der Waals surface area contributed by atoms with Crippen molar-refractivity contribution in [2.75, 3.05) is 6.61 Å². The highest BCUT2D eigenvalue weighted by atomic mass is 16.7. The zero-order valence-electron chi connectivity index (χ0n) is 10.7. The van der Waals surface area contributed by atoms with E-state index in [4.69, 9.17) is 5.11 Å². The lowest BCUT2D eigenvalue weighted by Crippen LogP contribution is -2.26. The van der Waals surface area contributed by atoms with Crippen LogP contribution in [0.2, 0.25) is 0 Å². The first kappa shape index (κ1) is 14.2. The molecule has 0 fully saturated rings. The normalized spacial score (nSPS) is 10.4. The van der Waals surface area contributed by atoms with Gasteiger partial charge in [0.05, 0.1) is 5.69 Å². The number of carbonyl (C=O) groups is 2. The summed E-state index contributed by atoms with van der Waals surface area (Å²) in [5, 5.41) is 12.6. The van der Waals surface area contributed by atoms with Crippen LogP contribution in [0.3, 0.4) is 0 Å². The van der Waals surface area contributed by atoms with Gasteiger partial charge in [0.25, 0.3) is 0 Å². The first-order chi connectivity index (χ1) is 8.41. The third kappa shape index (κ3) is 3.85. The van der Waals surface area contributed by atoms with E-state index in [0.29, 0.717) is 6.42 Å². The molecule has 1 heterocycles. The molecule has 18 heavy (non-hydrogen) atoms. The Balaban J connectivity index is 2.40. The van der Waals surface area contributed by atoms with Crippen molar-refractivity contribution in [2.45, 2.75) is 26.7 Å². The molecule has 100 valence electrons. The van der Waals surface area contributed by atoms with E-state index < -0.39 is 12.6 Å². The van der Waals surface area contributed by atoms with E-state index in [1.165, 1.54) is 0 Å². The molecule has 0 atom stereocenters. The number of aromatic nitrogens is 2. The van der Waals surface area contributed by atoms with Crippen molar-refractivity contribution >= 4 is 11.9 Å². The van der Waals surface area contributed by atoms with E-state index in [-0.39, 0.29) is 12.3 Å². The molecule has 0 saturated carbocycles. The molecule has 1 aromatic rings. The molecule has 0 unspecified atom stereocenters. The smallest absolute Gasteiger partial charge is 0.332 e. The highest BCUT2D eigenvalue weighted by Gasteiger charge is 2.11. The molecular weight excluding hydrogens is 238 g/mol. The molecule has 0 aliphatic rings. The molecule has 7 nitrogen and oxygen atoms in total. The molecule has 0 radical (unpaired) electrons. The van der Waals surface area contributed by atoms with Crippen molar-refractivity contribution in [2.24, 2.45) is 7.05 Å². The van der Waals surface area contributed by atoms with Crippen LogP contribution < -0.4 is 5.48 Å². The predicted molar refractivity (Wildman–Crippen MR) is 62.7 cm³/mol. The number of nitrogens with zero attached hydrogens (tertiary/aromatic N) is 2. The van der Waals surface area contributed by atoms with Crippen LogP contribution >= 0.6 is 0 Å². The number of carboxylic acid groups (broad SMARTS) is 1. The Morgan fingerprint density at radius 1 is 1.44 bits per heavy atom. The number of carbonyl (C=O) groups excluding carboxylic acids is 1. The second-order valence-corrected chi connectivity index (χ2v) is 3.98. The number of carboxylic acids is 1. The van der Waals surface area contributed by atoms with Crippen LogP contribution in [-0.4, -0.2) is 33.4 Å². The molecule has 1 aromatic heterocycles. The van der Waals surface area contributed by atoms with Gasteiger partial charge in [-0.2, -0.15) is 5.10 Å². The first-order valence-electron chi connectivity index (χ1n) is 5.53. The van der Waals surface area contributed by atoms with Crippen LogP contribution in [0.1, 0.15) is 23.4 Å². The summed E-state index contributed by atoms with van der Waals surface area (Å²) < 4.78 is 1.77. The Labute approximate surface area is 105 Å². The molecule has 0 bridgehead atoms. The number of hydrogen-bond donors (Lipinski definition) is 2. The monoisotopic (exact) mass is 255 g/mol. The van der Waals surface area contributed by atoms with E-state index in [2.05, 4.69) is 15.4 Å². The summed E-state index contributed by atoms with van der Waals surface area (Å²) in [6.07, 6.45) is 0.779. The summed E-state index contributed by atoms with van der Waals surface area (Å²) in [5.41, 5.74) is 5.03. The van der Waals surface area contributed by atoms with Crippen LogP contribution in [0.25, 0.3) is 0 Å². The predicted octanol–water partition coefficient (Wildman–Crippen LogP) is 0.102. The lowest BCUT2D eigenvalue weighted by Gasteiger charge is -2.04. The van der Waals surface area contributed by atoms with Gasteiger partial charge in [0.2, 0.25) is 5.91 Å². The van der Waals surface area contributed by atoms with E-state index in [1.54, 1.807) is 4.68 Å². The summed E-state index contributed by atoms with van der Waals surface area (Å²) in [5.74, 6) is -1.48. The van der Waals surface area contributed by atoms with Crippen molar-refractivity contribution in [1.82, 2.24) is 15.3 Å². The fraction of sp³-hybridized carbons (Fsp3) is 0.545. The van der Waals surface area contributed by atoms with Crippen LogP contribution in [0.5, 0.6) is 0 Å². The van der Waals surface area contributed by atoms with E-state index in [9.17, 15) is 9.59 Å². The lowest BCUT2D eigenvalue weighted by molar-refractivity contribution is -0.149. The fourth-order valence-electron chi connectivity index (χ4n) is 1.65. The van der Waals surface area contributed by atoms with Gasteiger partial charge in [-0.25, -0.2) is 10.3 Å². The van der Waals surface area contributed by atoms with Gasteiger partial charge < -0.3 is 5.11 Å². The number of aliphatic carboxylic acids is 1. The Bertz CT molecular complexity index is 453. The molecule has 0 aliphatic carbocycles. The topological polar surface area (TPSA) is 93.5 Å². The van der Waals surface area contributed by atoms with E-state index >= 15 is 0 Å². The maximum atomic E-state index is 11.4. The van der Waals surface area contributed by atoms with Crippen LogP contribution in [0.4, 0.5) is 0 Å². The molecule has 1 rings (SSSR count). The summed E-state index contributed by atoms with van der Waals surface area (Å²) in [6, 6.07) is 0. The Morgan fingerprint density at radius 3 is 2.61 bits per heavy atom. The van der Waals surface area contributed by atoms with Crippen molar-refractivity contribution in [1.29, 1.82) is 0 Å². The Kier molecular flexibility index (Phi) is 4.85. The molecule has 0 spiro atoms. The van der Waals surface area contributed by atoms with Crippen molar-refractivity contribution < 1.29 is 19.5 Å². The SMILES string of the molecule is Cc1nn(C)c(C)c1CCC(=O)NOCC(=O)O.